The molecule has 1 saturated heterocycles. The number of ether oxygens (including phenoxy) is 3. The van der Waals surface area contributed by atoms with Gasteiger partial charge in [0.1, 0.15) is 24.3 Å². The lowest BCUT2D eigenvalue weighted by molar-refractivity contribution is 0.0350. The zero-order chi connectivity index (χ0) is 14.5. The summed E-state index contributed by atoms with van der Waals surface area (Å²) < 4.78 is 15.8. The van der Waals surface area contributed by atoms with E-state index in [1.807, 2.05) is 0 Å². The number of amides is 1. The third-order valence-corrected chi connectivity index (χ3v) is 3.12. The first-order chi connectivity index (χ1) is 9.63. The Morgan fingerprint density at radius 2 is 2.05 bits per heavy atom. The molecule has 0 radical (unpaired) electrons. The number of methoxy groups -OCH3 is 1. The summed E-state index contributed by atoms with van der Waals surface area (Å²) in [5.74, 6) is 1.43. The normalized spacial score (nSPS) is 19.6. The van der Waals surface area contributed by atoms with E-state index >= 15 is 0 Å². The summed E-state index contributed by atoms with van der Waals surface area (Å²) in [6.07, 6.45) is -1.19. The Balaban J connectivity index is 1.84. The Labute approximate surface area is 117 Å². The fourth-order valence-electron chi connectivity index (χ4n) is 1.95. The smallest absolute Gasteiger partial charge is 0.412 e. The van der Waals surface area contributed by atoms with Gasteiger partial charge in [0, 0.05) is 0 Å². The first-order valence-corrected chi connectivity index (χ1v) is 6.56. The molecule has 1 aromatic carbocycles. The molecule has 0 saturated carbocycles. The summed E-state index contributed by atoms with van der Waals surface area (Å²) in [5.41, 5.74) is 0. The van der Waals surface area contributed by atoms with Crippen LogP contribution in [-0.4, -0.2) is 48.7 Å². The molecule has 0 spiro atoms. The van der Waals surface area contributed by atoms with Crippen LogP contribution in [0.1, 0.15) is 13.3 Å². The van der Waals surface area contributed by atoms with Crippen LogP contribution >= 0.6 is 0 Å². The molecule has 110 valence electrons. The fourth-order valence-corrected chi connectivity index (χ4v) is 1.95. The van der Waals surface area contributed by atoms with Gasteiger partial charge in [0.2, 0.25) is 0 Å². The standard InChI is InChI=1S/C14H19NO5/c1-3-13(16)15-8-12(20-14(15)17)9-19-11-6-4-10(18-2)5-7-11/h4-7,12-13,16H,3,8-9H2,1-2H3. The highest BCUT2D eigenvalue weighted by atomic mass is 16.6. The second kappa shape index (κ2) is 6.47. The zero-order valence-corrected chi connectivity index (χ0v) is 11.6. The number of hydrogen-bond acceptors (Lipinski definition) is 5. The van der Waals surface area contributed by atoms with Crippen molar-refractivity contribution in [3.05, 3.63) is 24.3 Å². The minimum atomic E-state index is -0.798. The van der Waals surface area contributed by atoms with Gasteiger partial charge in [0.25, 0.3) is 0 Å². The predicted molar refractivity (Wildman–Crippen MR) is 71.8 cm³/mol. The minimum Gasteiger partial charge on any atom is -0.497 e. The second-order valence-corrected chi connectivity index (χ2v) is 4.53. The van der Waals surface area contributed by atoms with Crippen LogP contribution in [0.2, 0.25) is 0 Å². The number of benzene rings is 1. The highest BCUT2D eigenvalue weighted by Gasteiger charge is 2.35. The molecule has 2 unspecified atom stereocenters. The first kappa shape index (κ1) is 14.5. The van der Waals surface area contributed by atoms with Crippen molar-refractivity contribution >= 4 is 6.09 Å². The number of aliphatic hydroxyl groups excluding tert-OH is 1. The fraction of sp³-hybridized carbons (Fsp3) is 0.500. The third kappa shape index (κ3) is 3.33. The molecule has 1 fully saturated rings. The van der Waals surface area contributed by atoms with Crippen LogP contribution < -0.4 is 9.47 Å². The average molecular weight is 281 g/mol. The molecule has 20 heavy (non-hydrogen) atoms. The Kier molecular flexibility index (Phi) is 4.68. The Hall–Kier alpha value is -1.95. The van der Waals surface area contributed by atoms with E-state index < -0.39 is 12.3 Å². The molecule has 1 aliphatic rings. The minimum absolute atomic E-state index is 0.255. The maximum absolute atomic E-state index is 11.6. The van der Waals surface area contributed by atoms with E-state index in [4.69, 9.17) is 14.2 Å². The molecular formula is C14H19NO5. The average Bonchev–Trinajstić information content (AvgIpc) is 2.86. The van der Waals surface area contributed by atoms with E-state index in [2.05, 4.69) is 0 Å². The highest BCUT2D eigenvalue weighted by Crippen LogP contribution is 2.19. The monoisotopic (exact) mass is 281 g/mol. The number of carbonyl (C=O) groups is 1. The van der Waals surface area contributed by atoms with Crippen LogP contribution in [0.4, 0.5) is 4.79 Å². The molecule has 0 aliphatic carbocycles. The van der Waals surface area contributed by atoms with Gasteiger partial charge in [0.05, 0.1) is 13.7 Å². The van der Waals surface area contributed by atoms with E-state index in [0.29, 0.717) is 18.7 Å². The molecule has 2 rings (SSSR count). The van der Waals surface area contributed by atoms with E-state index in [1.54, 1.807) is 38.3 Å². The molecule has 0 bridgehead atoms. The van der Waals surface area contributed by atoms with Crippen molar-refractivity contribution in [3.63, 3.8) is 0 Å². The van der Waals surface area contributed by atoms with Gasteiger partial charge in [-0.15, -0.1) is 0 Å². The van der Waals surface area contributed by atoms with Crippen LogP contribution in [0.3, 0.4) is 0 Å². The second-order valence-electron chi connectivity index (χ2n) is 4.53. The Bertz CT molecular complexity index is 447. The van der Waals surface area contributed by atoms with E-state index in [0.717, 1.165) is 5.75 Å². The molecule has 6 heteroatoms. The maximum Gasteiger partial charge on any atom is 0.412 e. The number of cyclic esters (lactones) is 1. The van der Waals surface area contributed by atoms with Crippen LogP contribution in [-0.2, 0) is 4.74 Å². The predicted octanol–water partition coefficient (Wildman–Crippen LogP) is 1.62. The number of carbonyl (C=O) groups excluding carboxylic acids is 1. The number of aliphatic hydroxyl groups is 1. The van der Waals surface area contributed by atoms with E-state index in [9.17, 15) is 9.90 Å². The van der Waals surface area contributed by atoms with Gasteiger partial charge in [-0.2, -0.15) is 0 Å². The van der Waals surface area contributed by atoms with Crippen molar-refractivity contribution in [2.45, 2.75) is 25.7 Å². The van der Waals surface area contributed by atoms with E-state index in [-0.39, 0.29) is 12.7 Å². The number of hydrogen-bond donors (Lipinski definition) is 1. The van der Waals surface area contributed by atoms with Crippen LogP contribution in [0.5, 0.6) is 11.5 Å². The molecule has 1 aliphatic heterocycles. The molecule has 1 N–H and O–H groups in total. The largest absolute Gasteiger partial charge is 0.497 e. The van der Waals surface area contributed by atoms with Gasteiger partial charge in [-0.1, -0.05) is 6.92 Å². The van der Waals surface area contributed by atoms with Gasteiger partial charge >= 0.3 is 6.09 Å². The highest BCUT2D eigenvalue weighted by molar-refractivity contribution is 5.70. The van der Waals surface area contributed by atoms with Crippen molar-refractivity contribution in [3.8, 4) is 11.5 Å². The summed E-state index contributed by atoms with van der Waals surface area (Å²) in [4.78, 5) is 12.9. The summed E-state index contributed by atoms with van der Waals surface area (Å²) in [6, 6.07) is 7.16. The Morgan fingerprint density at radius 1 is 1.40 bits per heavy atom. The molecule has 1 aromatic rings. The molecule has 6 nitrogen and oxygen atoms in total. The lowest BCUT2D eigenvalue weighted by Crippen LogP contribution is -2.36. The van der Waals surface area contributed by atoms with Crippen molar-refractivity contribution in [1.29, 1.82) is 0 Å². The molecule has 1 heterocycles. The topological polar surface area (TPSA) is 68.2 Å². The number of rotatable bonds is 6. The maximum atomic E-state index is 11.6. The van der Waals surface area contributed by atoms with Gasteiger partial charge < -0.3 is 19.3 Å². The summed E-state index contributed by atoms with van der Waals surface area (Å²) in [6.45, 7) is 2.40. The van der Waals surface area contributed by atoms with Crippen LogP contribution in [0.25, 0.3) is 0 Å². The van der Waals surface area contributed by atoms with Gasteiger partial charge in [0.15, 0.2) is 6.10 Å². The Morgan fingerprint density at radius 3 is 2.65 bits per heavy atom. The number of nitrogens with zero attached hydrogens (tertiary/aromatic N) is 1. The zero-order valence-electron chi connectivity index (χ0n) is 11.6. The van der Waals surface area contributed by atoms with Crippen molar-refractivity contribution in [1.82, 2.24) is 4.90 Å². The van der Waals surface area contributed by atoms with Crippen LogP contribution in [0.15, 0.2) is 24.3 Å². The van der Waals surface area contributed by atoms with Crippen molar-refractivity contribution in [2.24, 2.45) is 0 Å². The first-order valence-electron chi connectivity index (χ1n) is 6.56. The van der Waals surface area contributed by atoms with Gasteiger partial charge in [-0.05, 0) is 30.7 Å². The molecule has 1 amide bonds. The quantitative estimate of drug-likeness (QED) is 0.858. The van der Waals surface area contributed by atoms with Crippen molar-refractivity contribution in [2.75, 3.05) is 20.3 Å². The summed E-state index contributed by atoms with van der Waals surface area (Å²) >= 11 is 0. The molecule has 0 aromatic heterocycles. The molecular weight excluding hydrogens is 262 g/mol. The summed E-state index contributed by atoms with van der Waals surface area (Å²) in [7, 11) is 1.60. The summed E-state index contributed by atoms with van der Waals surface area (Å²) in [5, 5.41) is 9.66. The van der Waals surface area contributed by atoms with E-state index in [1.165, 1.54) is 4.90 Å². The van der Waals surface area contributed by atoms with Crippen molar-refractivity contribution < 1.29 is 24.1 Å². The lowest BCUT2D eigenvalue weighted by Gasteiger charge is -2.18. The lowest BCUT2D eigenvalue weighted by atomic mass is 10.3. The van der Waals surface area contributed by atoms with Gasteiger partial charge in [-0.3, -0.25) is 4.90 Å². The van der Waals surface area contributed by atoms with Crippen LogP contribution in [0, 0.1) is 0 Å². The third-order valence-electron chi connectivity index (χ3n) is 3.12. The SMILES string of the molecule is CCC(O)N1CC(COc2ccc(OC)cc2)OC1=O. The molecule has 2 atom stereocenters. The van der Waals surface area contributed by atoms with Gasteiger partial charge in [-0.25, -0.2) is 4.79 Å².